The summed E-state index contributed by atoms with van der Waals surface area (Å²) in [5.41, 5.74) is 4.34. The number of hydrogen-bond acceptors (Lipinski definition) is 2. The minimum absolute atomic E-state index is 0.815. The lowest BCUT2D eigenvalue weighted by Crippen LogP contribution is -1.99. The van der Waals surface area contributed by atoms with Gasteiger partial charge in [0.05, 0.1) is 5.69 Å². The Morgan fingerprint density at radius 3 is 2.27 bits per heavy atom. The van der Waals surface area contributed by atoms with Crippen LogP contribution in [-0.2, 0) is 6.54 Å². The van der Waals surface area contributed by atoms with Crippen LogP contribution in [-0.4, -0.2) is 14.5 Å². The predicted octanol–water partition coefficient (Wildman–Crippen LogP) is 4.15. The van der Waals surface area contributed by atoms with Crippen LogP contribution in [0.3, 0.4) is 0 Å². The van der Waals surface area contributed by atoms with Gasteiger partial charge < -0.3 is 4.57 Å². The Bertz CT molecular complexity index is 896. The minimum atomic E-state index is 0.815. The molecule has 22 heavy (non-hydrogen) atoms. The van der Waals surface area contributed by atoms with Crippen LogP contribution in [0.5, 0.6) is 0 Å². The first-order chi connectivity index (χ1) is 10.9. The van der Waals surface area contributed by atoms with E-state index in [1.807, 2.05) is 24.3 Å². The number of rotatable bonds is 3. The zero-order valence-corrected chi connectivity index (χ0v) is 12.1. The number of nitrogens with zero attached hydrogens (tertiary/aromatic N) is 3. The Morgan fingerprint density at radius 1 is 0.773 bits per heavy atom. The van der Waals surface area contributed by atoms with Gasteiger partial charge in [0.1, 0.15) is 12.0 Å². The summed E-state index contributed by atoms with van der Waals surface area (Å²) in [5, 5.41) is 1.09. The van der Waals surface area contributed by atoms with Crippen molar-refractivity contribution in [1.82, 2.24) is 14.5 Å². The normalized spacial score (nSPS) is 10.9. The first-order valence-corrected chi connectivity index (χ1v) is 7.31. The molecule has 0 aliphatic heterocycles. The van der Waals surface area contributed by atoms with Crippen molar-refractivity contribution >= 4 is 11.0 Å². The zero-order valence-electron chi connectivity index (χ0n) is 12.1. The molecule has 0 atom stereocenters. The molecule has 2 heterocycles. The molecule has 0 radical (unpaired) electrons. The molecule has 0 amide bonds. The van der Waals surface area contributed by atoms with Crippen LogP contribution in [0.2, 0.25) is 0 Å². The Kier molecular flexibility index (Phi) is 3.16. The average Bonchev–Trinajstić information content (AvgIpc) is 3.00. The standard InChI is InChI=1S/C19H15N3/c1-3-7-15(8-4-1)13-22-12-11-17-18(20-14-21-19(17)22)16-9-5-2-6-10-16/h1-12,14H,13H2. The zero-order chi connectivity index (χ0) is 14.8. The third-order valence-electron chi connectivity index (χ3n) is 3.80. The van der Waals surface area contributed by atoms with Crippen LogP contribution in [0.4, 0.5) is 0 Å². The minimum Gasteiger partial charge on any atom is -0.328 e. The smallest absolute Gasteiger partial charge is 0.144 e. The summed E-state index contributed by atoms with van der Waals surface area (Å²) in [6.45, 7) is 0.815. The number of hydrogen-bond donors (Lipinski definition) is 0. The Morgan fingerprint density at radius 2 is 1.50 bits per heavy atom. The monoisotopic (exact) mass is 285 g/mol. The molecule has 3 nitrogen and oxygen atoms in total. The van der Waals surface area contributed by atoms with Crippen molar-refractivity contribution in [3.05, 3.63) is 84.8 Å². The van der Waals surface area contributed by atoms with E-state index in [-0.39, 0.29) is 0 Å². The highest BCUT2D eigenvalue weighted by atomic mass is 15.0. The maximum absolute atomic E-state index is 4.48. The molecule has 0 bridgehead atoms. The molecule has 3 heteroatoms. The van der Waals surface area contributed by atoms with Crippen molar-refractivity contribution < 1.29 is 0 Å². The number of benzene rings is 2. The van der Waals surface area contributed by atoms with Gasteiger partial charge in [0.2, 0.25) is 0 Å². The van der Waals surface area contributed by atoms with Gasteiger partial charge in [0.25, 0.3) is 0 Å². The number of fused-ring (bicyclic) bond motifs is 1. The van der Waals surface area contributed by atoms with E-state index in [1.165, 1.54) is 5.56 Å². The lowest BCUT2D eigenvalue weighted by atomic mass is 10.1. The van der Waals surface area contributed by atoms with Gasteiger partial charge >= 0.3 is 0 Å². The van der Waals surface area contributed by atoms with E-state index in [0.29, 0.717) is 0 Å². The maximum Gasteiger partial charge on any atom is 0.144 e. The quantitative estimate of drug-likeness (QED) is 0.566. The first kappa shape index (κ1) is 12.8. The van der Waals surface area contributed by atoms with E-state index in [1.54, 1.807) is 6.33 Å². The second-order valence-electron chi connectivity index (χ2n) is 5.25. The summed E-state index contributed by atoms with van der Waals surface area (Å²) in [4.78, 5) is 8.95. The van der Waals surface area contributed by atoms with Crippen LogP contribution < -0.4 is 0 Å². The van der Waals surface area contributed by atoms with Crippen molar-refractivity contribution in [2.45, 2.75) is 6.54 Å². The van der Waals surface area contributed by atoms with E-state index >= 15 is 0 Å². The van der Waals surface area contributed by atoms with E-state index < -0.39 is 0 Å². The molecule has 0 N–H and O–H groups in total. The van der Waals surface area contributed by atoms with E-state index in [0.717, 1.165) is 28.8 Å². The number of aromatic nitrogens is 3. The molecule has 0 saturated carbocycles. The molecule has 0 unspecified atom stereocenters. The topological polar surface area (TPSA) is 30.7 Å². The second-order valence-corrected chi connectivity index (χ2v) is 5.25. The second kappa shape index (κ2) is 5.45. The third kappa shape index (κ3) is 2.27. The molecule has 0 aliphatic rings. The predicted molar refractivity (Wildman–Crippen MR) is 88.5 cm³/mol. The molecule has 2 aromatic heterocycles. The Balaban J connectivity index is 1.80. The molecule has 106 valence electrons. The highest BCUT2D eigenvalue weighted by Gasteiger charge is 2.09. The van der Waals surface area contributed by atoms with Gasteiger partial charge in [-0.05, 0) is 11.6 Å². The molecular formula is C19H15N3. The van der Waals surface area contributed by atoms with Gasteiger partial charge in [-0.15, -0.1) is 0 Å². The lowest BCUT2D eigenvalue weighted by Gasteiger charge is -2.06. The highest BCUT2D eigenvalue weighted by Crippen LogP contribution is 2.26. The summed E-state index contributed by atoms with van der Waals surface area (Å²) in [5.74, 6) is 0. The first-order valence-electron chi connectivity index (χ1n) is 7.31. The fourth-order valence-electron chi connectivity index (χ4n) is 2.74. The summed E-state index contributed by atoms with van der Waals surface area (Å²) in [6, 6.07) is 22.8. The van der Waals surface area contributed by atoms with Gasteiger partial charge in [0.15, 0.2) is 0 Å². The van der Waals surface area contributed by atoms with Gasteiger partial charge in [-0.3, -0.25) is 0 Å². The molecule has 0 fully saturated rings. The summed E-state index contributed by atoms with van der Waals surface area (Å²) in [7, 11) is 0. The molecule has 2 aromatic carbocycles. The van der Waals surface area contributed by atoms with Crippen molar-refractivity contribution in [3.8, 4) is 11.3 Å². The lowest BCUT2D eigenvalue weighted by molar-refractivity contribution is 0.824. The molecule has 0 spiro atoms. The van der Waals surface area contributed by atoms with Crippen molar-refractivity contribution in [3.63, 3.8) is 0 Å². The van der Waals surface area contributed by atoms with Crippen LogP contribution >= 0.6 is 0 Å². The van der Waals surface area contributed by atoms with E-state index in [4.69, 9.17) is 0 Å². The third-order valence-corrected chi connectivity index (χ3v) is 3.80. The maximum atomic E-state index is 4.48. The summed E-state index contributed by atoms with van der Waals surface area (Å²) >= 11 is 0. The summed E-state index contributed by atoms with van der Waals surface area (Å²) in [6.07, 6.45) is 3.73. The van der Waals surface area contributed by atoms with E-state index in [9.17, 15) is 0 Å². The van der Waals surface area contributed by atoms with Crippen LogP contribution in [0.15, 0.2) is 79.3 Å². The van der Waals surface area contributed by atoms with Gasteiger partial charge in [0, 0.05) is 23.7 Å². The highest BCUT2D eigenvalue weighted by molar-refractivity contribution is 5.90. The van der Waals surface area contributed by atoms with E-state index in [2.05, 4.69) is 63.2 Å². The molecule has 0 saturated heterocycles. The van der Waals surface area contributed by atoms with Gasteiger partial charge in [-0.2, -0.15) is 0 Å². The van der Waals surface area contributed by atoms with Crippen molar-refractivity contribution in [2.24, 2.45) is 0 Å². The summed E-state index contributed by atoms with van der Waals surface area (Å²) < 4.78 is 2.17. The SMILES string of the molecule is c1ccc(Cn2ccc3c(-c4ccccc4)ncnc32)cc1. The Hall–Kier alpha value is -2.94. The van der Waals surface area contributed by atoms with Crippen LogP contribution in [0.25, 0.3) is 22.3 Å². The molecule has 0 aliphatic carbocycles. The van der Waals surface area contributed by atoms with Crippen molar-refractivity contribution in [1.29, 1.82) is 0 Å². The van der Waals surface area contributed by atoms with Crippen LogP contribution in [0.1, 0.15) is 5.56 Å². The Labute approximate surface area is 128 Å². The van der Waals surface area contributed by atoms with Crippen molar-refractivity contribution in [2.75, 3.05) is 0 Å². The van der Waals surface area contributed by atoms with Crippen LogP contribution in [0, 0.1) is 0 Å². The molecule has 4 aromatic rings. The fraction of sp³-hybridized carbons (Fsp3) is 0.0526. The van der Waals surface area contributed by atoms with Gasteiger partial charge in [-0.25, -0.2) is 9.97 Å². The molecule has 4 rings (SSSR count). The largest absolute Gasteiger partial charge is 0.328 e. The van der Waals surface area contributed by atoms with Gasteiger partial charge in [-0.1, -0.05) is 60.7 Å². The molecular weight excluding hydrogens is 270 g/mol. The fourth-order valence-corrected chi connectivity index (χ4v) is 2.74. The average molecular weight is 285 g/mol.